The first-order chi connectivity index (χ1) is 8.74. The first kappa shape index (κ1) is 16.8. The molecule has 1 fully saturated rings. The number of hydrogen-bond acceptors (Lipinski definition) is 2. The lowest BCUT2D eigenvalue weighted by atomic mass is 10.0. The van der Waals surface area contributed by atoms with Crippen molar-refractivity contribution in [1.82, 2.24) is 10.2 Å². The molecule has 1 aliphatic rings. The number of piperidine rings is 1. The van der Waals surface area contributed by atoms with Gasteiger partial charge in [0.1, 0.15) is 0 Å². The normalized spacial score (nSPS) is 20.1. The van der Waals surface area contributed by atoms with E-state index in [-0.39, 0.29) is 12.4 Å². The van der Waals surface area contributed by atoms with Crippen LogP contribution in [0, 0.1) is 0 Å². The van der Waals surface area contributed by atoms with Gasteiger partial charge in [0.15, 0.2) is 0 Å². The smallest absolute Gasteiger partial charge is 0.0453 e. The molecule has 0 bridgehead atoms. The van der Waals surface area contributed by atoms with E-state index >= 15 is 0 Å². The van der Waals surface area contributed by atoms with Gasteiger partial charge in [-0.25, -0.2) is 0 Å². The Morgan fingerprint density at radius 3 is 2.89 bits per heavy atom. The fraction of sp³-hybridized carbons (Fsp3) is 0.600. The quantitative estimate of drug-likeness (QED) is 0.915. The summed E-state index contributed by atoms with van der Waals surface area (Å²) in [4.78, 5) is 2.52. The highest BCUT2D eigenvalue weighted by atomic mass is 35.5. The maximum atomic E-state index is 6.36. The second kappa shape index (κ2) is 8.11. The molecule has 1 atom stereocenters. The van der Waals surface area contributed by atoms with Crippen LogP contribution in [0.15, 0.2) is 18.2 Å². The molecule has 0 saturated carbocycles. The van der Waals surface area contributed by atoms with E-state index in [4.69, 9.17) is 11.6 Å². The Hall–Kier alpha value is -0.280. The highest BCUT2D eigenvalue weighted by Crippen LogP contribution is 2.24. The van der Waals surface area contributed by atoms with Gasteiger partial charge in [0.25, 0.3) is 0 Å². The van der Waals surface area contributed by atoms with Crippen LogP contribution in [-0.2, 0) is 13.0 Å². The molecule has 0 spiro atoms. The Morgan fingerprint density at radius 1 is 1.42 bits per heavy atom. The van der Waals surface area contributed by atoms with Gasteiger partial charge in [0.2, 0.25) is 0 Å². The SMILES string of the molecule is CCc1cccc(Cl)c1CN1CCCC(NC)C1.Cl. The lowest BCUT2D eigenvalue weighted by molar-refractivity contribution is 0.187. The molecule has 0 radical (unpaired) electrons. The first-order valence-electron chi connectivity index (χ1n) is 6.90. The number of benzene rings is 1. The zero-order chi connectivity index (χ0) is 13.0. The molecular formula is C15H24Cl2N2. The molecule has 108 valence electrons. The minimum Gasteiger partial charge on any atom is -0.316 e. The number of aryl methyl sites for hydroxylation is 1. The van der Waals surface area contributed by atoms with E-state index in [0.29, 0.717) is 6.04 Å². The molecule has 1 aromatic rings. The van der Waals surface area contributed by atoms with Crippen LogP contribution in [0.1, 0.15) is 30.9 Å². The molecule has 1 N–H and O–H groups in total. The first-order valence-corrected chi connectivity index (χ1v) is 7.28. The summed E-state index contributed by atoms with van der Waals surface area (Å²) in [6.45, 7) is 5.50. The summed E-state index contributed by atoms with van der Waals surface area (Å²) in [6.07, 6.45) is 3.62. The van der Waals surface area contributed by atoms with Gasteiger partial charge in [-0.2, -0.15) is 0 Å². The van der Waals surface area contributed by atoms with Gasteiger partial charge in [0, 0.05) is 24.2 Å². The third-order valence-corrected chi connectivity index (χ3v) is 4.25. The Morgan fingerprint density at radius 2 is 2.21 bits per heavy atom. The summed E-state index contributed by atoms with van der Waals surface area (Å²) in [5.74, 6) is 0. The molecule has 1 unspecified atom stereocenters. The van der Waals surface area contributed by atoms with Crippen molar-refractivity contribution in [2.24, 2.45) is 0 Å². The molecule has 4 heteroatoms. The predicted octanol–water partition coefficient (Wildman–Crippen LogP) is 3.51. The summed E-state index contributed by atoms with van der Waals surface area (Å²) in [5.41, 5.74) is 2.70. The van der Waals surface area contributed by atoms with Crippen LogP contribution in [-0.4, -0.2) is 31.1 Å². The number of halogens is 2. The second-order valence-corrected chi connectivity index (χ2v) is 5.50. The maximum Gasteiger partial charge on any atom is 0.0453 e. The van der Waals surface area contributed by atoms with Gasteiger partial charge in [-0.05, 0) is 50.0 Å². The fourth-order valence-electron chi connectivity index (χ4n) is 2.77. The van der Waals surface area contributed by atoms with E-state index < -0.39 is 0 Å². The summed E-state index contributed by atoms with van der Waals surface area (Å²) in [6, 6.07) is 6.89. The molecule has 1 saturated heterocycles. The zero-order valence-corrected chi connectivity index (χ0v) is 13.4. The van der Waals surface area contributed by atoms with Gasteiger partial charge in [0.05, 0.1) is 0 Å². The van der Waals surface area contributed by atoms with Crippen molar-refractivity contribution in [1.29, 1.82) is 0 Å². The summed E-state index contributed by atoms with van der Waals surface area (Å²) >= 11 is 6.36. The van der Waals surface area contributed by atoms with Crippen LogP contribution >= 0.6 is 24.0 Å². The summed E-state index contributed by atoms with van der Waals surface area (Å²) in [7, 11) is 2.06. The number of rotatable bonds is 4. The second-order valence-electron chi connectivity index (χ2n) is 5.09. The lowest BCUT2D eigenvalue weighted by Crippen LogP contribution is -2.44. The predicted molar refractivity (Wildman–Crippen MR) is 85.4 cm³/mol. The van der Waals surface area contributed by atoms with Crippen molar-refractivity contribution >= 4 is 24.0 Å². The Labute approximate surface area is 127 Å². The van der Waals surface area contributed by atoms with E-state index in [0.717, 1.165) is 24.5 Å². The molecule has 19 heavy (non-hydrogen) atoms. The standard InChI is InChI=1S/C15H23ClN2.ClH/c1-3-12-6-4-8-15(16)14(12)11-18-9-5-7-13(10-18)17-2;/h4,6,8,13,17H,3,5,7,9-11H2,1-2H3;1H. The Kier molecular flexibility index (Phi) is 7.16. The number of nitrogens with zero attached hydrogens (tertiary/aromatic N) is 1. The summed E-state index contributed by atoms with van der Waals surface area (Å²) < 4.78 is 0. The van der Waals surface area contributed by atoms with Crippen molar-refractivity contribution in [2.75, 3.05) is 20.1 Å². The third-order valence-electron chi connectivity index (χ3n) is 3.89. The minimum absolute atomic E-state index is 0. The Balaban J connectivity index is 0.00000180. The van der Waals surface area contributed by atoms with Gasteiger partial charge < -0.3 is 5.32 Å². The fourth-order valence-corrected chi connectivity index (χ4v) is 3.02. The van der Waals surface area contributed by atoms with Crippen molar-refractivity contribution in [3.05, 3.63) is 34.3 Å². The van der Waals surface area contributed by atoms with Crippen molar-refractivity contribution in [2.45, 2.75) is 38.8 Å². The minimum atomic E-state index is 0. The van der Waals surface area contributed by atoms with Crippen molar-refractivity contribution in [3.8, 4) is 0 Å². The highest BCUT2D eigenvalue weighted by molar-refractivity contribution is 6.31. The topological polar surface area (TPSA) is 15.3 Å². The van der Waals surface area contributed by atoms with Crippen LogP contribution in [0.2, 0.25) is 5.02 Å². The molecule has 0 amide bonds. The van der Waals surface area contributed by atoms with E-state index in [9.17, 15) is 0 Å². The monoisotopic (exact) mass is 302 g/mol. The molecule has 2 rings (SSSR count). The van der Waals surface area contributed by atoms with Gasteiger partial charge in [-0.3, -0.25) is 4.90 Å². The zero-order valence-electron chi connectivity index (χ0n) is 11.8. The van der Waals surface area contributed by atoms with Gasteiger partial charge >= 0.3 is 0 Å². The average molecular weight is 303 g/mol. The summed E-state index contributed by atoms with van der Waals surface area (Å²) in [5, 5.41) is 4.31. The molecule has 2 nitrogen and oxygen atoms in total. The van der Waals surface area contributed by atoms with Crippen LogP contribution in [0.25, 0.3) is 0 Å². The van der Waals surface area contributed by atoms with E-state index in [1.807, 2.05) is 6.07 Å². The molecule has 1 heterocycles. The lowest BCUT2D eigenvalue weighted by Gasteiger charge is -2.33. The maximum absolute atomic E-state index is 6.36. The molecular weight excluding hydrogens is 279 g/mol. The van der Waals surface area contributed by atoms with Crippen molar-refractivity contribution in [3.63, 3.8) is 0 Å². The Bertz CT molecular complexity index is 396. The van der Waals surface area contributed by atoms with Crippen molar-refractivity contribution < 1.29 is 0 Å². The molecule has 0 aliphatic carbocycles. The van der Waals surface area contributed by atoms with Crippen LogP contribution in [0.3, 0.4) is 0 Å². The number of hydrogen-bond donors (Lipinski definition) is 1. The average Bonchev–Trinajstić information content (AvgIpc) is 2.41. The molecule has 0 aromatic heterocycles. The van der Waals surface area contributed by atoms with E-state index in [1.165, 1.54) is 30.5 Å². The van der Waals surface area contributed by atoms with Gasteiger partial charge in [-0.1, -0.05) is 30.7 Å². The number of likely N-dealkylation sites (tertiary alicyclic amines) is 1. The number of nitrogens with one attached hydrogen (secondary N) is 1. The molecule has 1 aliphatic heterocycles. The van der Waals surface area contributed by atoms with Crippen LogP contribution in [0.5, 0.6) is 0 Å². The van der Waals surface area contributed by atoms with E-state index in [1.54, 1.807) is 0 Å². The van der Waals surface area contributed by atoms with Gasteiger partial charge in [-0.15, -0.1) is 12.4 Å². The molecule has 1 aromatic carbocycles. The third kappa shape index (κ3) is 4.35. The van der Waals surface area contributed by atoms with E-state index in [2.05, 4.69) is 36.3 Å². The largest absolute Gasteiger partial charge is 0.316 e. The van der Waals surface area contributed by atoms with Crippen LogP contribution in [0.4, 0.5) is 0 Å². The number of likely N-dealkylation sites (N-methyl/N-ethyl adjacent to an activating group) is 1. The van der Waals surface area contributed by atoms with Crippen LogP contribution < -0.4 is 5.32 Å². The highest BCUT2D eigenvalue weighted by Gasteiger charge is 2.19.